The second kappa shape index (κ2) is 9.65. The van der Waals surface area contributed by atoms with Crippen LogP contribution in [0.5, 0.6) is 0 Å². The fraction of sp³-hybridized carbons (Fsp3) is 0.261. The summed E-state index contributed by atoms with van der Waals surface area (Å²) in [4.78, 5) is 4.39. The van der Waals surface area contributed by atoms with Gasteiger partial charge < -0.3 is 4.98 Å². The largest absolute Gasteiger partial charge is 0.305 e. The molecule has 1 heterocycles. The molecule has 0 N–H and O–H groups in total. The third kappa shape index (κ3) is 6.94. The van der Waals surface area contributed by atoms with Crippen LogP contribution in [-0.4, -0.2) is 4.98 Å². The predicted molar refractivity (Wildman–Crippen MR) is 102 cm³/mol. The number of hydrogen-bond acceptors (Lipinski definition) is 1. The van der Waals surface area contributed by atoms with Gasteiger partial charge >= 0.3 is 0 Å². The molecule has 0 unspecified atom stereocenters. The molecule has 0 saturated heterocycles. The van der Waals surface area contributed by atoms with Crippen LogP contribution in [0, 0.1) is 26.0 Å². The quantitative estimate of drug-likeness (QED) is 0.371. The Kier molecular flexibility index (Phi) is 8.22. The number of rotatable bonds is 1. The van der Waals surface area contributed by atoms with E-state index in [9.17, 15) is 0 Å². The zero-order valence-corrected chi connectivity index (χ0v) is 17.9. The van der Waals surface area contributed by atoms with Crippen molar-refractivity contribution >= 4 is 0 Å². The summed E-state index contributed by atoms with van der Waals surface area (Å²) >= 11 is 0. The third-order valence-corrected chi connectivity index (χ3v) is 3.71. The maximum atomic E-state index is 4.39. The van der Waals surface area contributed by atoms with Gasteiger partial charge in [0.2, 0.25) is 0 Å². The van der Waals surface area contributed by atoms with Gasteiger partial charge in [0.05, 0.1) is 0 Å². The summed E-state index contributed by atoms with van der Waals surface area (Å²) in [6.07, 6.45) is 1.87. The molecule has 0 aliphatic carbocycles. The molecule has 0 amide bonds. The van der Waals surface area contributed by atoms with E-state index in [2.05, 4.69) is 63.0 Å². The molecule has 0 fully saturated rings. The molecule has 133 valence electrons. The summed E-state index contributed by atoms with van der Waals surface area (Å²) < 4.78 is 0. The van der Waals surface area contributed by atoms with Crippen molar-refractivity contribution in [3.63, 3.8) is 0 Å². The summed E-state index contributed by atoms with van der Waals surface area (Å²) in [5, 5.41) is 0. The first-order valence-corrected chi connectivity index (χ1v) is 8.25. The van der Waals surface area contributed by atoms with Crippen molar-refractivity contribution in [1.29, 1.82) is 0 Å². The Hall–Kier alpha value is -1.76. The van der Waals surface area contributed by atoms with E-state index in [-0.39, 0.29) is 25.5 Å². The molecule has 1 aromatic heterocycles. The van der Waals surface area contributed by atoms with Gasteiger partial charge in [0.25, 0.3) is 0 Å². The maximum absolute atomic E-state index is 4.39. The Bertz CT molecular complexity index is 756. The van der Waals surface area contributed by atoms with Gasteiger partial charge in [-0.15, -0.1) is 35.9 Å². The first-order valence-electron chi connectivity index (χ1n) is 8.25. The van der Waals surface area contributed by atoms with Crippen molar-refractivity contribution in [3.8, 4) is 11.3 Å². The van der Waals surface area contributed by atoms with E-state index < -0.39 is 0 Å². The smallest absolute Gasteiger partial charge is 0.0163 e. The molecule has 1 nitrogen and oxygen atoms in total. The van der Waals surface area contributed by atoms with Crippen LogP contribution in [0.4, 0.5) is 0 Å². The minimum Gasteiger partial charge on any atom is -0.305 e. The fourth-order valence-electron chi connectivity index (χ4n) is 2.33. The van der Waals surface area contributed by atoms with Crippen LogP contribution in [-0.2, 0) is 25.5 Å². The second-order valence-electron chi connectivity index (χ2n) is 7.01. The van der Waals surface area contributed by atoms with Crippen molar-refractivity contribution in [3.05, 3.63) is 89.6 Å². The maximum Gasteiger partial charge on any atom is 0.0163 e. The molecule has 0 atom stereocenters. The molecular weight excluding hydrogens is 482 g/mol. The predicted octanol–water partition coefficient (Wildman–Crippen LogP) is 5.95. The van der Waals surface area contributed by atoms with E-state index in [1.807, 2.05) is 49.5 Å². The van der Waals surface area contributed by atoms with Crippen LogP contribution in [0.2, 0.25) is 0 Å². The topological polar surface area (TPSA) is 12.9 Å². The molecule has 0 aliphatic heterocycles. The van der Waals surface area contributed by atoms with E-state index in [4.69, 9.17) is 0 Å². The standard InChI is InChI=1S/C15H16N.C8H9.Ir/c1-15(2,3)13-9-10-16-14(11-13)12-7-5-4-6-8-12;1-7-4-3-5-8(2)6-7;/h4-7,9-11H,1-3H3;3-4,6H,1-2H3;/q2*-1;. The SMILES string of the molecule is CC(C)(C)c1ccnc(-c2[c-]cccc2)c1.Cc1[c-]ccc(C)c1.[Ir]. The third-order valence-electron chi connectivity index (χ3n) is 3.71. The molecule has 2 heteroatoms. The number of benzene rings is 2. The minimum absolute atomic E-state index is 0. The van der Waals surface area contributed by atoms with Gasteiger partial charge in [-0.2, -0.15) is 35.4 Å². The van der Waals surface area contributed by atoms with Crippen molar-refractivity contribution < 1.29 is 20.1 Å². The van der Waals surface area contributed by atoms with Crippen molar-refractivity contribution in [2.24, 2.45) is 0 Å². The molecule has 3 rings (SSSR count). The molecule has 3 aromatic rings. The van der Waals surface area contributed by atoms with Crippen LogP contribution >= 0.6 is 0 Å². The monoisotopic (exact) mass is 508 g/mol. The van der Waals surface area contributed by atoms with Gasteiger partial charge in [0.15, 0.2) is 0 Å². The molecule has 2 aromatic carbocycles. The van der Waals surface area contributed by atoms with Gasteiger partial charge in [0.1, 0.15) is 0 Å². The summed E-state index contributed by atoms with van der Waals surface area (Å²) in [5.74, 6) is 0. The van der Waals surface area contributed by atoms with Crippen LogP contribution in [0.3, 0.4) is 0 Å². The van der Waals surface area contributed by atoms with E-state index in [0.29, 0.717) is 0 Å². The Morgan fingerprint density at radius 1 is 0.880 bits per heavy atom. The molecule has 25 heavy (non-hydrogen) atoms. The van der Waals surface area contributed by atoms with Crippen molar-refractivity contribution in [2.75, 3.05) is 0 Å². The molecule has 0 bridgehead atoms. The van der Waals surface area contributed by atoms with E-state index in [0.717, 1.165) is 11.3 Å². The van der Waals surface area contributed by atoms with Crippen LogP contribution in [0.15, 0.2) is 60.8 Å². The Morgan fingerprint density at radius 2 is 1.64 bits per heavy atom. The number of aromatic nitrogens is 1. The van der Waals surface area contributed by atoms with Gasteiger partial charge in [-0.3, -0.25) is 0 Å². The summed E-state index contributed by atoms with van der Waals surface area (Å²) in [6, 6.07) is 24.5. The van der Waals surface area contributed by atoms with Gasteiger partial charge in [0, 0.05) is 26.3 Å². The van der Waals surface area contributed by atoms with Gasteiger partial charge in [-0.25, -0.2) is 0 Å². The average Bonchev–Trinajstić information content (AvgIpc) is 2.55. The van der Waals surface area contributed by atoms with Gasteiger partial charge in [-0.05, 0) is 22.7 Å². The van der Waals surface area contributed by atoms with Gasteiger partial charge in [-0.1, -0.05) is 40.7 Å². The summed E-state index contributed by atoms with van der Waals surface area (Å²) in [5.41, 5.74) is 6.02. The number of aryl methyl sites for hydroxylation is 2. The number of nitrogens with zero attached hydrogens (tertiary/aromatic N) is 1. The zero-order chi connectivity index (χ0) is 17.6. The Morgan fingerprint density at radius 3 is 2.16 bits per heavy atom. The Labute approximate surface area is 165 Å². The first-order chi connectivity index (χ1) is 11.4. The second-order valence-corrected chi connectivity index (χ2v) is 7.01. The van der Waals surface area contributed by atoms with E-state index in [1.165, 1.54) is 16.7 Å². The Balaban J connectivity index is 0.000000295. The fourth-order valence-corrected chi connectivity index (χ4v) is 2.33. The molecule has 0 spiro atoms. The van der Waals surface area contributed by atoms with Crippen molar-refractivity contribution in [2.45, 2.75) is 40.0 Å². The van der Waals surface area contributed by atoms with Crippen LogP contribution in [0.25, 0.3) is 11.3 Å². The van der Waals surface area contributed by atoms with Crippen molar-refractivity contribution in [1.82, 2.24) is 4.98 Å². The summed E-state index contributed by atoms with van der Waals surface area (Å²) in [7, 11) is 0. The molecule has 1 radical (unpaired) electrons. The van der Waals surface area contributed by atoms with E-state index >= 15 is 0 Å². The van der Waals surface area contributed by atoms with Crippen LogP contribution < -0.4 is 0 Å². The number of pyridine rings is 1. The number of hydrogen-bond donors (Lipinski definition) is 0. The normalized spacial score (nSPS) is 10.3. The van der Waals surface area contributed by atoms with Crippen LogP contribution in [0.1, 0.15) is 37.5 Å². The van der Waals surface area contributed by atoms with E-state index in [1.54, 1.807) is 0 Å². The zero-order valence-electron chi connectivity index (χ0n) is 15.6. The molecule has 0 saturated carbocycles. The average molecular weight is 508 g/mol. The summed E-state index contributed by atoms with van der Waals surface area (Å²) in [6.45, 7) is 10.8. The molecular formula is C23H25IrN-2. The molecule has 0 aliphatic rings. The minimum atomic E-state index is 0. The first kappa shape index (κ1) is 21.3.